The Morgan fingerprint density at radius 2 is 1.39 bits per heavy atom. The summed E-state index contributed by atoms with van der Waals surface area (Å²) in [6.07, 6.45) is -4.71. The Hall–Kier alpha value is -2.82. The summed E-state index contributed by atoms with van der Waals surface area (Å²) in [6.45, 7) is 0. The van der Waals surface area contributed by atoms with Gasteiger partial charge >= 0.3 is 6.18 Å². The number of para-hydroxylation sites is 1. The average molecular weight is 486 g/mol. The summed E-state index contributed by atoms with van der Waals surface area (Å²) >= 11 is 10.8. The van der Waals surface area contributed by atoms with Crippen molar-refractivity contribution in [1.82, 2.24) is 0 Å². The largest absolute Gasteiger partial charge is 0.417 e. The van der Waals surface area contributed by atoms with E-state index in [1.807, 2.05) is 30.3 Å². The average Bonchev–Trinajstić information content (AvgIpc) is 2.69. The van der Waals surface area contributed by atoms with Gasteiger partial charge in [-0.3, -0.25) is 4.72 Å². The second kappa shape index (κ2) is 9.13. The molecular formula is C20H15ClF3N3O2S2. The normalized spacial score (nSPS) is 11.6. The number of thiocarbonyl (C=S) groups is 1. The molecule has 0 fully saturated rings. The number of halogens is 4. The predicted molar refractivity (Wildman–Crippen MR) is 120 cm³/mol. The Balaban J connectivity index is 1.71. The number of hydrogen-bond acceptors (Lipinski definition) is 3. The molecular weight excluding hydrogens is 471 g/mol. The van der Waals surface area contributed by atoms with Gasteiger partial charge in [-0.1, -0.05) is 29.8 Å². The molecule has 3 N–H and O–H groups in total. The molecule has 0 saturated carbocycles. The van der Waals surface area contributed by atoms with Gasteiger partial charge in [-0.15, -0.1) is 0 Å². The summed E-state index contributed by atoms with van der Waals surface area (Å²) < 4.78 is 66.2. The molecule has 3 aromatic rings. The number of rotatable bonds is 5. The highest BCUT2D eigenvalue weighted by Gasteiger charge is 2.33. The maximum absolute atomic E-state index is 13.0. The molecule has 3 rings (SSSR count). The first-order valence-corrected chi connectivity index (χ1v) is 10.9. The SMILES string of the molecule is O=S(=O)(Nc1ccc(Cl)c(C(F)(F)F)c1)c1ccc(NC(=S)Nc2ccccc2)cc1. The van der Waals surface area contributed by atoms with E-state index in [4.69, 9.17) is 23.8 Å². The van der Waals surface area contributed by atoms with Crippen molar-refractivity contribution in [1.29, 1.82) is 0 Å². The van der Waals surface area contributed by atoms with E-state index in [0.29, 0.717) is 16.9 Å². The van der Waals surface area contributed by atoms with Crippen LogP contribution in [0.4, 0.5) is 30.2 Å². The van der Waals surface area contributed by atoms with Crippen molar-refractivity contribution in [3.8, 4) is 0 Å². The minimum absolute atomic E-state index is 0.136. The number of sulfonamides is 1. The molecule has 5 nitrogen and oxygen atoms in total. The first-order chi connectivity index (χ1) is 14.5. The first-order valence-electron chi connectivity index (χ1n) is 8.67. The summed E-state index contributed by atoms with van der Waals surface area (Å²) in [5.41, 5.74) is -0.0803. The summed E-state index contributed by atoms with van der Waals surface area (Å²) in [5, 5.41) is 5.68. The Labute approximate surface area is 187 Å². The van der Waals surface area contributed by atoms with Crippen molar-refractivity contribution in [2.24, 2.45) is 0 Å². The van der Waals surface area contributed by atoms with Crippen molar-refractivity contribution >= 4 is 56.0 Å². The predicted octanol–water partition coefficient (Wildman–Crippen LogP) is 5.97. The standard InChI is InChI=1S/C20H15ClF3N3O2S2/c21-18-11-8-15(12-17(18)20(22,23)24)27-31(28,29)16-9-6-14(7-10-16)26-19(30)25-13-4-2-1-3-5-13/h1-12,27H,(H2,25,26,30). The zero-order valence-electron chi connectivity index (χ0n) is 15.6. The van der Waals surface area contributed by atoms with Gasteiger partial charge < -0.3 is 10.6 Å². The molecule has 0 aliphatic rings. The molecule has 3 aromatic carbocycles. The lowest BCUT2D eigenvalue weighted by atomic mass is 10.2. The van der Waals surface area contributed by atoms with Gasteiger partial charge in [-0.05, 0) is 66.8 Å². The number of hydrogen-bond donors (Lipinski definition) is 3. The molecule has 0 spiro atoms. The third-order valence-electron chi connectivity index (χ3n) is 3.98. The van der Waals surface area contributed by atoms with E-state index >= 15 is 0 Å². The molecule has 0 aliphatic carbocycles. The van der Waals surface area contributed by atoms with Crippen LogP contribution in [0.1, 0.15) is 5.56 Å². The molecule has 0 aromatic heterocycles. The number of anilines is 3. The van der Waals surface area contributed by atoms with Gasteiger partial charge in [0.05, 0.1) is 15.5 Å². The number of benzene rings is 3. The van der Waals surface area contributed by atoms with Crippen molar-refractivity contribution in [3.05, 3.63) is 83.4 Å². The lowest BCUT2D eigenvalue weighted by Gasteiger charge is -2.13. The minimum atomic E-state index is -4.71. The van der Waals surface area contributed by atoms with E-state index in [9.17, 15) is 21.6 Å². The minimum Gasteiger partial charge on any atom is -0.332 e. The Morgan fingerprint density at radius 3 is 1.97 bits per heavy atom. The van der Waals surface area contributed by atoms with Crippen LogP contribution in [0, 0.1) is 0 Å². The van der Waals surface area contributed by atoms with Crippen LogP contribution in [-0.4, -0.2) is 13.5 Å². The van der Waals surface area contributed by atoms with Gasteiger partial charge in [0.1, 0.15) is 0 Å². The molecule has 0 unspecified atom stereocenters. The van der Waals surface area contributed by atoms with E-state index < -0.39 is 26.8 Å². The molecule has 0 aliphatic heterocycles. The Morgan fingerprint density at radius 1 is 0.839 bits per heavy atom. The van der Waals surface area contributed by atoms with Crippen LogP contribution in [0.2, 0.25) is 5.02 Å². The summed E-state index contributed by atoms with van der Waals surface area (Å²) in [6, 6.07) is 17.6. The van der Waals surface area contributed by atoms with Crippen LogP contribution >= 0.6 is 23.8 Å². The highest BCUT2D eigenvalue weighted by atomic mass is 35.5. The molecule has 0 saturated heterocycles. The quantitative estimate of drug-likeness (QED) is 0.388. The summed E-state index contributed by atoms with van der Waals surface area (Å²) in [4.78, 5) is -0.136. The zero-order valence-corrected chi connectivity index (χ0v) is 18.0. The van der Waals surface area contributed by atoms with Crippen LogP contribution < -0.4 is 15.4 Å². The summed E-state index contributed by atoms with van der Waals surface area (Å²) in [7, 11) is -4.12. The molecule has 0 amide bonds. The van der Waals surface area contributed by atoms with E-state index in [-0.39, 0.29) is 10.6 Å². The molecule has 162 valence electrons. The number of alkyl halides is 3. The Bertz CT molecular complexity index is 1190. The van der Waals surface area contributed by atoms with Gasteiger partial charge in [-0.2, -0.15) is 13.2 Å². The highest BCUT2D eigenvalue weighted by Crippen LogP contribution is 2.36. The van der Waals surface area contributed by atoms with E-state index in [2.05, 4.69) is 15.4 Å². The van der Waals surface area contributed by atoms with Crippen molar-refractivity contribution < 1.29 is 21.6 Å². The highest BCUT2D eigenvalue weighted by molar-refractivity contribution is 7.92. The topological polar surface area (TPSA) is 70.2 Å². The van der Waals surface area contributed by atoms with Gasteiger partial charge in [0, 0.05) is 17.1 Å². The fraction of sp³-hybridized carbons (Fsp3) is 0.0500. The Kier molecular flexibility index (Phi) is 6.73. The van der Waals surface area contributed by atoms with Crippen LogP contribution in [0.3, 0.4) is 0 Å². The van der Waals surface area contributed by atoms with Gasteiger partial charge in [-0.25, -0.2) is 8.42 Å². The van der Waals surface area contributed by atoms with E-state index in [0.717, 1.165) is 17.8 Å². The fourth-order valence-electron chi connectivity index (χ4n) is 2.55. The van der Waals surface area contributed by atoms with Gasteiger partial charge in [0.25, 0.3) is 10.0 Å². The maximum atomic E-state index is 13.0. The maximum Gasteiger partial charge on any atom is 0.417 e. The fourth-order valence-corrected chi connectivity index (χ4v) is 4.06. The third-order valence-corrected chi connectivity index (χ3v) is 5.91. The molecule has 31 heavy (non-hydrogen) atoms. The molecule has 0 radical (unpaired) electrons. The second-order valence-corrected chi connectivity index (χ2v) is 8.77. The van der Waals surface area contributed by atoms with E-state index in [1.54, 1.807) is 0 Å². The van der Waals surface area contributed by atoms with Crippen LogP contribution in [-0.2, 0) is 16.2 Å². The first kappa shape index (κ1) is 22.9. The monoisotopic (exact) mass is 485 g/mol. The third kappa shape index (κ3) is 6.09. The van der Waals surface area contributed by atoms with Crippen molar-refractivity contribution in [3.63, 3.8) is 0 Å². The van der Waals surface area contributed by atoms with Crippen LogP contribution in [0.15, 0.2) is 77.7 Å². The molecule has 0 bridgehead atoms. The summed E-state index contributed by atoms with van der Waals surface area (Å²) in [5.74, 6) is 0. The van der Waals surface area contributed by atoms with E-state index in [1.165, 1.54) is 24.3 Å². The van der Waals surface area contributed by atoms with Gasteiger partial charge in [0.2, 0.25) is 0 Å². The van der Waals surface area contributed by atoms with Crippen molar-refractivity contribution in [2.75, 3.05) is 15.4 Å². The molecule has 0 heterocycles. The van der Waals surface area contributed by atoms with Crippen LogP contribution in [0.5, 0.6) is 0 Å². The zero-order chi connectivity index (χ0) is 22.6. The lowest BCUT2D eigenvalue weighted by molar-refractivity contribution is -0.137. The lowest BCUT2D eigenvalue weighted by Crippen LogP contribution is -2.19. The molecule has 11 heteroatoms. The van der Waals surface area contributed by atoms with Crippen molar-refractivity contribution in [2.45, 2.75) is 11.1 Å². The number of nitrogens with one attached hydrogen (secondary N) is 3. The smallest absolute Gasteiger partial charge is 0.332 e. The van der Waals surface area contributed by atoms with Crippen LogP contribution in [0.25, 0.3) is 0 Å². The second-order valence-electron chi connectivity index (χ2n) is 6.27. The van der Waals surface area contributed by atoms with Gasteiger partial charge in [0.15, 0.2) is 5.11 Å². The molecule has 0 atom stereocenters.